The molecule has 0 heterocycles. The van der Waals surface area contributed by atoms with Crippen LogP contribution in [-0.4, -0.2) is 36.0 Å². The fourth-order valence-electron chi connectivity index (χ4n) is 0.920. The normalized spacial score (nSPS) is 14.2. The minimum Gasteiger partial charge on any atom is -0.465 e. The molecule has 1 amide bonds. The van der Waals surface area contributed by atoms with E-state index >= 15 is 0 Å². The highest BCUT2D eigenvalue weighted by Gasteiger charge is 2.14. The number of carbonyl (C=O) groups excluding carboxylic acids is 2. The van der Waals surface area contributed by atoms with Gasteiger partial charge in [-0.2, -0.15) is 11.8 Å². The molecule has 16 heavy (non-hydrogen) atoms. The number of hydrogen-bond donors (Lipinski definition) is 2. The van der Waals surface area contributed by atoms with Gasteiger partial charge in [-0.1, -0.05) is 6.92 Å². The van der Waals surface area contributed by atoms with Gasteiger partial charge in [-0.05, 0) is 19.1 Å². The first-order valence-corrected chi connectivity index (χ1v) is 6.43. The first-order chi connectivity index (χ1) is 7.49. The summed E-state index contributed by atoms with van der Waals surface area (Å²) in [5, 5.41) is 0. The molecule has 0 radical (unpaired) electrons. The van der Waals surface area contributed by atoms with Crippen LogP contribution in [0.2, 0.25) is 0 Å². The van der Waals surface area contributed by atoms with Crippen LogP contribution in [0.5, 0.6) is 0 Å². The Morgan fingerprint density at radius 1 is 1.44 bits per heavy atom. The first kappa shape index (κ1) is 15.2. The van der Waals surface area contributed by atoms with Gasteiger partial charge in [0.25, 0.3) is 0 Å². The summed E-state index contributed by atoms with van der Waals surface area (Å²) in [6, 6.07) is -0.573. The van der Waals surface area contributed by atoms with Crippen molar-refractivity contribution >= 4 is 23.6 Å². The number of thioether (sulfide) groups is 1. The molecular weight excluding hydrogens is 228 g/mol. The summed E-state index contributed by atoms with van der Waals surface area (Å²) in [6.45, 7) is 3.87. The maximum Gasteiger partial charge on any atom is 0.322 e. The van der Waals surface area contributed by atoms with E-state index in [1.165, 1.54) is 0 Å². The van der Waals surface area contributed by atoms with Crippen molar-refractivity contribution in [3.05, 3.63) is 0 Å². The number of hydrogen-bond acceptors (Lipinski definition) is 5. The molecule has 2 unspecified atom stereocenters. The fraction of sp³-hybridized carbons (Fsp3) is 0.800. The van der Waals surface area contributed by atoms with Crippen molar-refractivity contribution < 1.29 is 14.3 Å². The Kier molecular flexibility index (Phi) is 8.01. The molecule has 0 saturated heterocycles. The van der Waals surface area contributed by atoms with Crippen molar-refractivity contribution in [1.82, 2.24) is 0 Å². The average Bonchev–Trinajstić information content (AvgIpc) is 2.23. The zero-order chi connectivity index (χ0) is 12.6. The van der Waals surface area contributed by atoms with Crippen LogP contribution < -0.4 is 11.5 Å². The molecule has 5 nitrogen and oxygen atoms in total. The monoisotopic (exact) mass is 248 g/mol. The van der Waals surface area contributed by atoms with Crippen LogP contribution in [0.3, 0.4) is 0 Å². The number of esters is 1. The smallest absolute Gasteiger partial charge is 0.322 e. The van der Waals surface area contributed by atoms with Crippen molar-refractivity contribution in [3.63, 3.8) is 0 Å². The van der Waals surface area contributed by atoms with Gasteiger partial charge in [0.2, 0.25) is 5.91 Å². The second-order valence-electron chi connectivity index (χ2n) is 3.53. The second-order valence-corrected chi connectivity index (χ2v) is 4.68. The lowest BCUT2D eigenvalue weighted by molar-refractivity contribution is -0.144. The summed E-state index contributed by atoms with van der Waals surface area (Å²) < 4.78 is 4.77. The van der Waals surface area contributed by atoms with Crippen LogP contribution in [0, 0.1) is 5.92 Å². The van der Waals surface area contributed by atoms with E-state index in [-0.39, 0.29) is 17.8 Å². The quantitative estimate of drug-likeness (QED) is 0.470. The summed E-state index contributed by atoms with van der Waals surface area (Å²) >= 11 is 1.56. The molecular formula is C10H20N2O3S. The Morgan fingerprint density at radius 2 is 2.06 bits per heavy atom. The van der Waals surface area contributed by atoms with Crippen molar-refractivity contribution in [1.29, 1.82) is 0 Å². The predicted molar refractivity (Wildman–Crippen MR) is 64.9 cm³/mol. The number of primary amides is 1. The Morgan fingerprint density at radius 3 is 2.56 bits per heavy atom. The molecule has 2 atom stereocenters. The zero-order valence-electron chi connectivity index (χ0n) is 9.77. The number of nitrogens with two attached hydrogens (primary N) is 2. The van der Waals surface area contributed by atoms with Crippen LogP contribution in [-0.2, 0) is 14.3 Å². The summed E-state index contributed by atoms with van der Waals surface area (Å²) in [5.41, 5.74) is 10.7. The van der Waals surface area contributed by atoms with Gasteiger partial charge in [0.1, 0.15) is 6.04 Å². The number of ether oxygens (including phenoxy) is 1. The average molecular weight is 248 g/mol. The third-order valence-corrected chi connectivity index (χ3v) is 3.28. The molecule has 0 bridgehead atoms. The van der Waals surface area contributed by atoms with Crippen LogP contribution in [0.1, 0.15) is 20.3 Å². The van der Waals surface area contributed by atoms with Crippen molar-refractivity contribution in [2.45, 2.75) is 26.3 Å². The molecule has 6 heteroatoms. The van der Waals surface area contributed by atoms with Crippen molar-refractivity contribution in [3.8, 4) is 0 Å². The maximum absolute atomic E-state index is 11.1. The Labute approximate surface area is 100 Å². The van der Waals surface area contributed by atoms with E-state index in [0.29, 0.717) is 18.8 Å². The first-order valence-electron chi connectivity index (χ1n) is 5.28. The number of carbonyl (C=O) groups is 2. The summed E-state index contributed by atoms with van der Waals surface area (Å²) in [7, 11) is 0. The highest BCUT2D eigenvalue weighted by atomic mass is 32.2. The highest BCUT2D eigenvalue weighted by molar-refractivity contribution is 7.99. The lowest BCUT2D eigenvalue weighted by Crippen LogP contribution is -2.33. The lowest BCUT2D eigenvalue weighted by atomic mass is 10.2. The minimum atomic E-state index is -0.573. The zero-order valence-corrected chi connectivity index (χ0v) is 10.6. The largest absolute Gasteiger partial charge is 0.465 e. The summed E-state index contributed by atoms with van der Waals surface area (Å²) in [4.78, 5) is 21.9. The number of rotatable bonds is 8. The molecule has 0 aromatic rings. The maximum atomic E-state index is 11.1. The van der Waals surface area contributed by atoms with E-state index in [4.69, 9.17) is 16.2 Å². The summed E-state index contributed by atoms with van der Waals surface area (Å²) in [6.07, 6.45) is 0.551. The van der Waals surface area contributed by atoms with Crippen LogP contribution in [0.4, 0.5) is 0 Å². The third kappa shape index (κ3) is 6.68. The molecule has 0 rings (SSSR count). The van der Waals surface area contributed by atoms with E-state index in [1.54, 1.807) is 25.6 Å². The van der Waals surface area contributed by atoms with E-state index in [2.05, 4.69) is 0 Å². The highest BCUT2D eigenvalue weighted by Crippen LogP contribution is 2.10. The molecule has 0 aromatic carbocycles. The van der Waals surface area contributed by atoms with Gasteiger partial charge in [-0.25, -0.2) is 0 Å². The Hall–Kier alpha value is -0.750. The Balaban J connectivity index is 3.58. The standard InChI is InChI=1S/C10H20N2O3S/c1-3-15-10(14)8(11)4-5-16-6-7(2)9(12)13/h7-8H,3-6,11H2,1-2H3,(H2,12,13). The van der Waals surface area contributed by atoms with E-state index in [1.807, 2.05) is 0 Å². The molecule has 4 N–H and O–H groups in total. The van der Waals surface area contributed by atoms with Gasteiger partial charge < -0.3 is 16.2 Å². The van der Waals surface area contributed by atoms with Gasteiger partial charge in [-0.15, -0.1) is 0 Å². The SMILES string of the molecule is CCOC(=O)C(N)CCSCC(C)C(N)=O. The van der Waals surface area contributed by atoms with Gasteiger partial charge >= 0.3 is 5.97 Å². The minimum absolute atomic E-state index is 0.149. The molecule has 0 spiro atoms. The molecule has 0 saturated carbocycles. The van der Waals surface area contributed by atoms with Gasteiger partial charge in [-0.3, -0.25) is 9.59 Å². The molecule has 0 aliphatic carbocycles. The molecule has 0 aliphatic heterocycles. The third-order valence-electron chi connectivity index (χ3n) is 2.02. The lowest BCUT2D eigenvalue weighted by Gasteiger charge is -2.11. The van der Waals surface area contributed by atoms with Gasteiger partial charge in [0.05, 0.1) is 6.61 Å². The fourth-order valence-corrected chi connectivity index (χ4v) is 2.02. The van der Waals surface area contributed by atoms with Crippen LogP contribution in [0.15, 0.2) is 0 Å². The molecule has 0 aliphatic rings. The van der Waals surface area contributed by atoms with Gasteiger partial charge in [0.15, 0.2) is 0 Å². The van der Waals surface area contributed by atoms with E-state index in [9.17, 15) is 9.59 Å². The van der Waals surface area contributed by atoms with E-state index < -0.39 is 6.04 Å². The molecule has 0 fully saturated rings. The topological polar surface area (TPSA) is 95.4 Å². The molecule has 0 aromatic heterocycles. The number of amides is 1. The summed E-state index contributed by atoms with van der Waals surface area (Å²) in [5.74, 6) is 0.555. The second kappa shape index (κ2) is 8.41. The van der Waals surface area contributed by atoms with E-state index in [0.717, 1.165) is 5.75 Å². The van der Waals surface area contributed by atoms with Crippen molar-refractivity contribution in [2.24, 2.45) is 17.4 Å². The Bertz CT molecular complexity index is 236. The molecule has 94 valence electrons. The van der Waals surface area contributed by atoms with Crippen molar-refractivity contribution in [2.75, 3.05) is 18.1 Å². The predicted octanol–water partition coefficient (Wildman–Crippen LogP) is 0.122. The van der Waals surface area contributed by atoms with Gasteiger partial charge in [0, 0.05) is 11.7 Å². The van der Waals surface area contributed by atoms with Crippen LogP contribution >= 0.6 is 11.8 Å². The van der Waals surface area contributed by atoms with Crippen LogP contribution in [0.25, 0.3) is 0 Å².